The summed E-state index contributed by atoms with van der Waals surface area (Å²) in [6.45, 7) is 1.30. The van der Waals surface area contributed by atoms with Crippen LogP contribution in [-0.4, -0.2) is 37.9 Å². The summed E-state index contributed by atoms with van der Waals surface area (Å²) >= 11 is 0. The van der Waals surface area contributed by atoms with Gasteiger partial charge in [0.15, 0.2) is 17.3 Å². The molecule has 0 atom stereocenters. The van der Waals surface area contributed by atoms with Crippen molar-refractivity contribution in [3.8, 4) is 5.75 Å². The maximum atomic E-state index is 13.6. The van der Waals surface area contributed by atoms with E-state index in [1.165, 1.54) is 57.8 Å². The van der Waals surface area contributed by atoms with Crippen molar-refractivity contribution < 1.29 is 18.7 Å². The number of carbonyl (C=O) groups excluding carboxylic acids is 2. The van der Waals surface area contributed by atoms with Gasteiger partial charge in [-0.1, -0.05) is 25.7 Å². The standard InChI is InChI=1S/C20H29FN2O3.ClH/c1-26-19-10-8-15(14-17(19)21)18(24)9-11-20(25)23-13-12-22-16-6-4-2-3-5-7-16;/h8,10,14,16,22H,2-7,9,11-13H2,1H3,(H,23,25);1H. The Bertz CT molecular complexity index is 605. The number of hydrogen-bond acceptors (Lipinski definition) is 4. The van der Waals surface area contributed by atoms with Crippen molar-refractivity contribution in [2.75, 3.05) is 20.2 Å². The zero-order valence-corrected chi connectivity index (χ0v) is 16.7. The van der Waals surface area contributed by atoms with E-state index in [4.69, 9.17) is 4.74 Å². The van der Waals surface area contributed by atoms with E-state index in [2.05, 4.69) is 10.6 Å². The Labute approximate surface area is 166 Å². The number of benzene rings is 1. The van der Waals surface area contributed by atoms with Gasteiger partial charge in [0.1, 0.15) is 0 Å². The van der Waals surface area contributed by atoms with E-state index in [0.717, 1.165) is 12.6 Å². The summed E-state index contributed by atoms with van der Waals surface area (Å²) in [5, 5.41) is 6.32. The van der Waals surface area contributed by atoms with Gasteiger partial charge in [0.2, 0.25) is 5.91 Å². The van der Waals surface area contributed by atoms with Crippen LogP contribution < -0.4 is 15.4 Å². The highest BCUT2D eigenvalue weighted by atomic mass is 35.5. The van der Waals surface area contributed by atoms with Gasteiger partial charge in [-0.25, -0.2) is 4.39 Å². The van der Waals surface area contributed by atoms with Gasteiger partial charge in [0, 0.05) is 37.5 Å². The molecule has 1 aromatic carbocycles. The molecule has 1 amide bonds. The number of nitrogens with one attached hydrogen (secondary N) is 2. The predicted molar refractivity (Wildman–Crippen MR) is 106 cm³/mol. The Balaban J connectivity index is 0.00000364. The first kappa shape index (κ1) is 23.4. The smallest absolute Gasteiger partial charge is 0.220 e. The van der Waals surface area contributed by atoms with E-state index >= 15 is 0 Å². The van der Waals surface area contributed by atoms with E-state index in [-0.39, 0.29) is 48.3 Å². The maximum Gasteiger partial charge on any atom is 0.220 e. The van der Waals surface area contributed by atoms with Gasteiger partial charge in [0.05, 0.1) is 7.11 Å². The van der Waals surface area contributed by atoms with Crippen molar-refractivity contribution in [2.24, 2.45) is 0 Å². The molecular formula is C20H30ClFN2O3. The molecule has 7 heteroatoms. The first-order valence-electron chi connectivity index (χ1n) is 9.47. The molecule has 2 rings (SSSR count). The van der Waals surface area contributed by atoms with Crippen molar-refractivity contribution in [3.05, 3.63) is 29.6 Å². The van der Waals surface area contributed by atoms with Crippen molar-refractivity contribution in [2.45, 2.75) is 57.4 Å². The summed E-state index contributed by atoms with van der Waals surface area (Å²) in [6, 6.07) is 4.64. The maximum absolute atomic E-state index is 13.6. The van der Waals surface area contributed by atoms with Gasteiger partial charge in [-0.3, -0.25) is 9.59 Å². The minimum Gasteiger partial charge on any atom is -0.494 e. The Morgan fingerprint density at radius 3 is 2.44 bits per heavy atom. The fraction of sp³-hybridized carbons (Fsp3) is 0.600. The Morgan fingerprint density at radius 1 is 1.11 bits per heavy atom. The fourth-order valence-electron chi connectivity index (χ4n) is 3.26. The number of ketones is 1. The highest BCUT2D eigenvalue weighted by Gasteiger charge is 2.13. The van der Waals surface area contributed by atoms with Crippen LogP contribution in [0.3, 0.4) is 0 Å². The molecule has 2 N–H and O–H groups in total. The van der Waals surface area contributed by atoms with Crippen molar-refractivity contribution >= 4 is 24.1 Å². The average Bonchev–Trinajstić information content (AvgIpc) is 2.92. The van der Waals surface area contributed by atoms with Crippen LogP contribution >= 0.6 is 12.4 Å². The molecule has 1 aliphatic rings. The Kier molecular flexibility index (Phi) is 11.0. The largest absolute Gasteiger partial charge is 0.494 e. The summed E-state index contributed by atoms with van der Waals surface area (Å²) in [7, 11) is 1.37. The molecule has 0 saturated heterocycles. The van der Waals surface area contributed by atoms with Crippen LogP contribution in [0.1, 0.15) is 61.7 Å². The minimum atomic E-state index is -0.576. The van der Waals surface area contributed by atoms with Crippen molar-refractivity contribution in [1.29, 1.82) is 0 Å². The van der Waals surface area contributed by atoms with Gasteiger partial charge in [-0.05, 0) is 31.0 Å². The molecule has 1 fully saturated rings. The lowest BCUT2D eigenvalue weighted by molar-refractivity contribution is -0.121. The van der Waals surface area contributed by atoms with Gasteiger partial charge >= 0.3 is 0 Å². The van der Waals surface area contributed by atoms with Crippen LogP contribution in [0.5, 0.6) is 5.75 Å². The molecule has 1 aliphatic carbocycles. The lowest BCUT2D eigenvalue weighted by atomic mass is 10.1. The number of methoxy groups -OCH3 is 1. The SMILES string of the molecule is COc1ccc(C(=O)CCC(=O)NCCNC2CCCCCC2)cc1F.Cl. The number of ether oxygens (including phenoxy) is 1. The first-order chi connectivity index (χ1) is 12.6. The van der Waals surface area contributed by atoms with E-state index in [1.54, 1.807) is 0 Å². The molecule has 1 saturated carbocycles. The van der Waals surface area contributed by atoms with Gasteiger partial charge in [-0.15, -0.1) is 12.4 Å². The summed E-state index contributed by atoms with van der Waals surface area (Å²) in [4.78, 5) is 23.9. The summed E-state index contributed by atoms with van der Waals surface area (Å²) in [5.74, 6) is -0.888. The zero-order valence-electron chi connectivity index (χ0n) is 15.9. The predicted octanol–water partition coefficient (Wildman–Crippen LogP) is 3.65. The molecule has 5 nitrogen and oxygen atoms in total. The molecule has 0 bridgehead atoms. The van der Waals surface area contributed by atoms with Gasteiger partial charge < -0.3 is 15.4 Å². The zero-order chi connectivity index (χ0) is 18.8. The Hall–Kier alpha value is -1.66. The normalized spacial score (nSPS) is 14.7. The van der Waals surface area contributed by atoms with Crippen molar-refractivity contribution in [3.63, 3.8) is 0 Å². The third-order valence-corrected chi connectivity index (χ3v) is 4.79. The molecule has 0 heterocycles. The summed E-state index contributed by atoms with van der Waals surface area (Å²) < 4.78 is 18.5. The third kappa shape index (κ3) is 8.26. The van der Waals surface area contributed by atoms with E-state index in [0.29, 0.717) is 12.6 Å². The average molecular weight is 401 g/mol. The summed E-state index contributed by atoms with van der Waals surface area (Å²) in [6.07, 6.45) is 7.78. The van der Waals surface area contributed by atoms with Crippen LogP contribution in [0.15, 0.2) is 18.2 Å². The van der Waals surface area contributed by atoms with Crippen LogP contribution in [0, 0.1) is 5.82 Å². The van der Waals surface area contributed by atoms with Crippen LogP contribution in [0.25, 0.3) is 0 Å². The highest BCUT2D eigenvalue weighted by Crippen LogP contribution is 2.19. The molecule has 0 spiro atoms. The first-order valence-corrected chi connectivity index (χ1v) is 9.47. The van der Waals surface area contributed by atoms with Gasteiger partial charge in [0.25, 0.3) is 0 Å². The molecule has 0 unspecified atom stereocenters. The van der Waals surface area contributed by atoms with Gasteiger partial charge in [-0.2, -0.15) is 0 Å². The second-order valence-electron chi connectivity index (χ2n) is 6.77. The molecule has 0 aliphatic heterocycles. The molecular weight excluding hydrogens is 371 g/mol. The number of Topliss-reactive ketones (excluding diaryl/α,β-unsaturated/α-hetero) is 1. The lowest BCUT2D eigenvalue weighted by Gasteiger charge is -2.16. The van der Waals surface area contributed by atoms with E-state index in [1.807, 2.05) is 0 Å². The third-order valence-electron chi connectivity index (χ3n) is 4.79. The minimum absolute atomic E-state index is 0. The molecule has 0 radical (unpaired) electrons. The van der Waals surface area contributed by atoms with Crippen molar-refractivity contribution in [1.82, 2.24) is 10.6 Å². The second kappa shape index (κ2) is 12.7. The van der Waals surface area contributed by atoms with Crippen LogP contribution in [-0.2, 0) is 4.79 Å². The number of amides is 1. The topological polar surface area (TPSA) is 67.4 Å². The molecule has 1 aromatic rings. The Morgan fingerprint density at radius 2 is 1.81 bits per heavy atom. The quantitative estimate of drug-likeness (QED) is 0.377. The summed E-state index contributed by atoms with van der Waals surface area (Å²) in [5.41, 5.74) is 0.256. The number of carbonyl (C=O) groups is 2. The molecule has 152 valence electrons. The monoisotopic (exact) mass is 400 g/mol. The number of hydrogen-bond donors (Lipinski definition) is 2. The fourth-order valence-corrected chi connectivity index (χ4v) is 3.26. The van der Waals surface area contributed by atoms with E-state index < -0.39 is 5.82 Å². The number of halogens is 2. The number of rotatable bonds is 9. The second-order valence-corrected chi connectivity index (χ2v) is 6.77. The van der Waals surface area contributed by atoms with E-state index in [9.17, 15) is 14.0 Å². The lowest BCUT2D eigenvalue weighted by Crippen LogP contribution is -2.36. The molecule has 27 heavy (non-hydrogen) atoms. The van der Waals surface area contributed by atoms with Crippen LogP contribution in [0.2, 0.25) is 0 Å². The van der Waals surface area contributed by atoms with Crippen LogP contribution in [0.4, 0.5) is 4.39 Å². The molecule has 0 aromatic heterocycles. The highest BCUT2D eigenvalue weighted by molar-refractivity contribution is 5.98.